The number of hydrogen-bond donors (Lipinski definition) is 1. The number of thioether (sulfide) groups is 1. The van der Waals surface area contributed by atoms with Gasteiger partial charge in [-0.1, -0.05) is 45.0 Å². The summed E-state index contributed by atoms with van der Waals surface area (Å²) in [5.41, 5.74) is 2.29. The highest BCUT2D eigenvalue weighted by Gasteiger charge is 2.14. The van der Waals surface area contributed by atoms with E-state index in [1.165, 1.54) is 29.5 Å². The lowest BCUT2D eigenvalue weighted by Gasteiger charge is -2.20. The van der Waals surface area contributed by atoms with Gasteiger partial charge >= 0.3 is 0 Å². The highest BCUT2D eigenvalue weighted by atomic mass is 32.2. The molecule has 1 atom stereocenters. The fourth-order valence-corrected chi connectivity index (χ4v) is 2.88. The van der Waals surface area contributed by atoms with Gasteiger partial charge in [-0.05, 0) is 40.8 Å². The Kier molecular flexibility index (Phi) is 5.07. The van der Waals surface area contributed by atoms with Crippen LogP contribution in [0.3, 0.4) is 0 Å². The molecule has 0 amide bonds. The van der Waals surface area contributed by atoms with Crippen LogP contribution in [0, 0.1) is 5.82 Å². The Labute approximate surface area is 130 Å². The third-order valence-corrected chi connectivity index (χ3v) is 4.47. The maximum absolute atomic E-state index is 12.8. The molecule has 0 aromatic heterocycles. The molecule has 2 aromatic rings. The summed E-state index contributed by atoms with van der Waals surface area (Å²) in [6, 6.07) is 14.4. The lowest BCUT2D eigenvalue weighted by atomic mass is 9.86. The number of hydrogen-bond acceptors (Lipinski definition) is 2. The van der Waals surface area contributed by atoms with Gasteiger partial charge in [0.15, 0.2) is 0 Å². The Hall–Kier alpha value is -1.32. The monoisotopic (exact) mass is 304 g/mol. The molecule has 112 valence electrons. The smallest absolute Gasteiger partial charge is 0.123 e. The van der Waals surface area contributed by atoms with Crippen molar-refractivity contribution in [2.45, 2.75) is 37.2 Å². The molecule has 0 bridgehead atoms. The number of benzene rings is 2. The third kappa shape index (κ3) is 4.58. The number of rotatable bonds is 4. The molecule has 0 radical (unpaired) electrons. The molecular weight excluding hydrogens is 283 g/mol. The van der Waals surface area contributed by atoms with Gasteiger partial charge in [0.1, 0.15) is 5.82 Å². The number of halogens is 1. The van der Waals surface area contributed by atoms with Crippen molar-refractivity contribution in [1.82, 2.24) is 0 Å². The Bertz CT molecular complexity index is 570. The van der Waals surface area contributed by atoms with Crippen molar-refractivity contribution in [3.63, 3.8) is 0 Å². The SMILES string of the molecule is CC(C)(C)c1ccc(C(O)CSc2ccc(F)cc2)cc1. The summed E-state index contributed by atoms with van der Waals surface area (Å²) in [5, 5.41) is 10.2. The van der Waals surface area contributed by atoms with E-state index in [1.807, 2.05) is 12.1 Å². The number of aliphatic hydroxyl groups is 1. The van der Waals surface area contributed by atoms with Gasteiger partial charge in [-0.3, -0.25) is 0 Å². The zero-order valence-electron chi connectivity index (χ0n) is 12.6. The Morgan fingerprint density at radius 3 is 2.10 bits per heavy atom. The van der Waals surface area contributed by atoms with Crippen molar-refractivity contribution < 1.29 is 9.50 Å². The molecule has 0 spiro atoms. The van der Waals surface area contributed by atoms with Gasteiger partial charge in [0, 0.05) is 10.6 Å². The van der Waals surface area contributed by atoms with Crippen LogP contribution in [0.1, 0.15) is 38.0 Å². The molecule has 1 unspecified atom stereocenters. The zero-order chi connectivity index (χ0) is 15.5. The summed E-state index contributed by atoms with van der Waals surface area (Å²) in [6.07, 6.45) is -0.519. The van der Waals surface area contributed by atoms with Crippen LogP contribution in [0.5, 0.6) is 0 Å². The summed E-state index contributed by atoms with van der Waals surface area (Å²) < 4.78 is 12.8. The van der Waals surface area contributed by atoms with Gasteiger partial charge < -0.3 is 5.11 Å². The molecule has 1 nitrogen and oxygen atoms in total. The van der Waals surface area contributed by atoms with Gasteiger partial charge in [0.2, 0.25) is 0 Å². The topological polar surface area (TPSA) is 20.2 Å². The Balaban J connectivity index is 1.97. The fraction of sp³-hybridized carbons (Fsp3) is 0.333. The first-order valence-electron chi connectivity index (χ1n) is 7.03. The first-order valence-corrected chi connectivity index (χ1v) is 8.02. The summed E-state index contributed by atoms with van der Waals surface area (Å²) in [7, 11) is 0. The molecular formula is C18H21FOS. The number of aliphatic hydroxyl groups excluding tert-OH is 1. The molecule has 0 aliphatic rings. The average Bonchev–Trinajstić information content (AvgIpc) is 2.45. The second-order valence-electron chi connectivity index (χ2n) is 6.15. The van der Waals surface area contributed by atoms with Crippen LogP contribution in [0.4, 0.5) is 4.39 Å². The fourth-order valence-electron chi connectivity index (χ4n) is 2.01. The second-order valence-corrected chi connectivity index (χ2v) is 7.25. The van der Waals surface area contributed by atoms with Gasteiger partial charge in [-0.15, -0.1) is 11.8 Å². The molecule has 0 fully saturated rings. The van der Waals surface area contributed by atoms with Gasteiger partial charge in [0.25, 0.3) is 0 Å². The lowest BCUT2D eigenvalue weighted by molar-refractivity contribution is 0.204. The summed E-state index contributed by atoms with van der Waals surface area (Å²) in [5.74, 6) is 0.318. The van der Waals surface area contributed by atoms with E-state index < -0.39 is 6.10 Å². The predicted molar refractivity (Wildman–Crippen MR) is 87.2 cm³/mol. The summed E-state index contributed by atoms with van der Waals surface area (Å²) in [6.45, 7) is 6.51. The highest BCUT2D eigenvalue weighted by molar-refractivity contribution is 7.99. The molecule has 0 saturated carbocycles. The minimum absolute atomic E-state index is 0.117. The van der Waals surface area contributed by atoms with E-state index >= 15 is 0 Å². The van der Waals surface area contributed by atoms with Crippen LogP contribution >= 0.6 is 11.8 Å². The molecule has 3 heteroatoms. The molecule has 0 saturated heterocycles. The van der Waals surface area contributed by atoms with Crippen molar-refractivity contribution in [1.29, 1.82) is 0 Å². The largest absolute Gasteiger partial charge is 0.388 e. The van der Waals surface area contributed by atoms with E-state index in [1.54, 1.807) is 12.1 Å². The highest BCUT2D eigenvalue weighted by Crippen LogP contribution is 2.27. The molecule has 0 heterocycles. The zero-order valence-corrected chi connectivity index (χ0v) is 13.5. The molecule has 0 aliphatic heterocycles. The minimum Gasteiger partial charge on any atom is -0.388 e. The van der Waals surface area contributed by atoms with E-state index in [9.17, 15) is 9.50 Å². The van der Waals surface area contributed by atoms with Crippen LogP contribution in [0.15, 0.2) is 53.4 Å². The van der Waals surface area contributed by atoms with Gasteiger partial charge in [-0.25, -0.2) is 4.39 Å². The van der Waals surface area contributed by atoms with Crippen LogP contribution in [-0.2, 0) is 5.41 Å². The summed E-state index contributed by atoms with van der Waals surface area (Å²) in [4.78, 5) is 0.960. The molecule has 1 N–H and O–H groups in total. The van der Waals surface area contributed by atoms with E-state index in [-0.39, 0.29) is 11.2 Å². The van der Waals surface area contributed by atoms with Crippen molar-refractivity contribution in [3.8, 4) is 0 Å². The summed E-state index contributed by atoms with van der Waals surface area (Å²) >= 11 is 1.53. The van der Waals surface area contributed by atoms with Crippen LogP contribution < -0.4 is 0 Å². The maximum atomic E-state index is 12.8. The van der Waals surface area contributed by atoms with Crippen molar-refractivity contribution >= 4 is 11.8 Å². The van der Waals surface area contributed by atoms with E-state index in [0.29, 0.717) is 5.75 Å². The van der Waals surface area contributed by atoms with Gasteiger partial charge in [-0.2, -0.15) is 0 Å². The van der Waals surface area contributed by atoms with Gasteiger partial charge in [0.05, 0.1) is 6.10 Å². The van der Waals surface area contributed by atoms with E-state index in [0.717, 1.165) is 10.5 Å². The van der Waals surface area contributed by atoms with Crippen molar-refractivity contribution in [3.05, 3.63) is 65.5 Å². The Morgan fingerprint density at radius 1 is 1.00 bits per heavy atom. The third-order valence-electron chi connectivity index (χ3n) is 3.38. The maximum Gasteiger partial charge on any atom is 0.123 e. The standard InChI is InChI=1S/C18H21FOS/c1-18(2,3)14-6-4-13(5-7-14)17(20)12-21-16-10-8-15(19)9-11-16/h4-11,17,20H,12H2,1-3H3. The lowest BCUT2D eigenvalue weighted by Crippen LogP contribution is -2.11. The van der Waals surface area contributed by atoms with Crippen LogP contribution in [0.25, 0.3) is 0 Å². The van der Waals surface area contributed by atoms with Crippen LogP contribution in [0.2, 0.25) is 0 Å². The average molecular weight is 304 g/mol. The first-order chi connectivity index (χ1) is 9.86. The van der Waals surface area contributed by atoms with E-state index in [2.05, 4.69) is 32.9 Å². The minimum atomic E-state index is -0.519. The van der Waals surface area contributed by atoms with E-state index in [4.69, 9.17) is 0 Å². The van der Waals surface area contributed by atoms with Crippen LogP contribution in [-0.4, -0.2) is 10.9 Å². The quantitative estimate of drug-likeness (QED) is 0.807. The molecule has 2 rings (SSSR count). The first kappa shape index (κ1) is 16.1. The second kappa shape index (κ2) is 6.63. The normalized spacial score (nSPS) is 13.2. The Morgan fingerprint density at radius 2 is 1.57 bits per heavy atom. The molecule has 21 heavy (non-hydrogen) atoms. The molecule has 0 aliphatic carbocycles. The van der Waals surface area contributed by atoms with Crippen molar-refractivity contribution in [2.24, 2.45) is 0 Å². The van der Waals surface area contributed by atoms with Crippen molar-refractivity contribution in [2.75, 3.05) is 5.75 Å². The predicted octanol–water partition coefficient (Wildman–Crippen LogP) is 4.95. The molecule has 2 aromatic carbocycles.